The van der Waals surface area contributed by atoms with Gasteiger partial charge in [-0.05, 0) is 44.7 Å². The highest BCUT2D eigenvalue weighted by atomic mass is 16.6. The largest absolute Gasteiger partial charge is 0.444 e. The van der Waals surface area contributed by atoms with Gasteiger partial charge in [0.15, 0.2) is 0 Å². The molecule has 1 aliphatic carbocycles. The Morgan fingerprint density at radius 1 is 1.25 bits per heavy atom. The minimum absolute atomic E-state index is 0.0404. The van der Waals surface area contributed by atoms with Gasteiger partial charge in [-0.3, -0.25) is 0 Å². The Bertz CT molecular complexity index is 458. The van der Waals surface area contributed by atoms with Crippen molar-refractivity contribution in [1.29, 1.82) is 0 Å². The maximum Gasteiger partial charge on any atom is 0.410 e. The molecule has 0 atom stereocenters. The first-order valence-corrected chi connectivity index (χ1v) is 7.07. The molecule has 1 aromatic rings. The van der Waals surface area contributed by atoms with Gasteiger partial charge in [-0.15, -0.1) is 0 Å². The molecule has 1 fully saturated rings. The first-order valence-electron chi connectivity index (χ1n) is 7.07. The average Bonchev–Trinajstić information content (AvgIpc) is 3.18. The number of aliphatic hydroxyl groups excluding tert-OH is 1. The fourth-order valence-electron chi connectivity index (χ4n) is 2.00. The van der Waals surface area contributed by atoms with Crippen molar-refractivity contribution in [1.82, 2.24) is 4.90 Å². The second kappa shape index (κ2) is 5.83. The van der Waals surface area contributed by atoms with Gasteiger partial charge in [-0.25, -0.2) is 4.79 Å². The Kier molecular flexibility index (Phi) is 4.33. The summed E-state index contributed by atoms with van der Waals surface area (Å²) in [5, 5.41) is 9.04. The van der Waals surface area contributed by atoms with E-state index in [2.05, 4.69) is 0 Å². The van der Waals surface area contributed by atoms with E-state index in [1.54, 1.807) is 4.90 Å². The van der Waals surface area contributed by atoms with Gasteiger partial charge in [0.2, 0.25) is 0 Å². The molecule has 0 radical (unpaired) electrons. The van der Waals surface area contributed by atoms with Gasteiger partial charge in [0, 0.05) is 12.6 Å². The van der Waals surface area contributed by atoms with Gasteiger partial charge in [0.1, 0.15) is 5.60 Å². The van der Waals surface area contributed by atoms with E-state index in [9.17, 15) is 4.79 Å². The van der Waals surface area contributed by atoms with E-state index >= 15 is 0 Å². The van der Waals surface area contributed by atoms with Gasteiger partial charge >= 0.3 is 6.09 Å². The number of hydrogen-bond acceptors (Lipinski definition) is 3. The number of rotatable bonds is 4. The number of carbonyl (C=O) groups excluding carboxylic acids is 1. The lowest BCUT2D eigenvalue weighted by atomic mass is 10.1. The predicted octanol–water partition coefficient (Wildman–Crippen LogP) is 3.08. The maximum absolute atomic E-state index is 12.2. The Balaban J connectivity index is 2.03. The van der Waals surface area contributed by atoms with Crippen molar-refractivity contribution >= 4 is 6.09 Å². The molecule has 0 aromatic heterocycles. The molecule has 1 aromatic carbocycles. The van der Waals surface area contributed by atoms with Crippen molar-refractivity contribution in [3.8, 4) is 0 Å². The zero-order chi connectivity index (χ0) is 14.8. The summed E-state index contributed by atoms with van der Waals surface area (Å²) in [5.41, 5.74) is 1.47. The van der Waals surface area contributed by atoms with Crippen LogP contribution in [0.3, 0.4) is 0 Å². The average molecular weight is 277 g/mol. The quantitative estimate of drug-likeness (QED) is 0.920. The number of carbonyl (C=O) groups is 1. The first kappa shape index (κ1) is 14.9. The summed E-state index contributed by atoms with van der Waals surface area (Å²) in [4.78, 5) is 14.0. The normalized spacial score (nSPS) is 15.0. The highest BCUT2D eigenvalue weighted by Crippen LogP contribution is 2.30. The van der Waals surface area contributed by atoms with Crippen LogP contribution in [0.4, 0.5) is 4.79 Å². The van der Waals surface area contributed by atoms with Crippen LogP contribution in [-0.2, 0) is 17.9 Å². The minimum atomic E-state index is -0.467. The Hall–Kier alpha value is -1.55. The molecule has 4 heteroatoms. The van der Waals surface area contributed by atoms with Crippen LogP contribution in [0.25, 0.3) is 0 Å². The van der Waals surface area contributed by atoms with E-state index < -0.39 is 5.60 Å². The summed E-state index contributed by atoms with van der Waals surface area (Å²) in [6.45, 7) is 6.24. The van der Waals surface area contributed by atoms with Crippen LogP contribution < -0.4 is 0 Å². The lowest BCUT2D eigenvalue weighted by molar-refractivity contribution is 0.0216. The summed E-state index contributed by atoms with van der Waals surface area (Å²) < 4.78 is 5.47. The molecule has 0 spiro atoms. The van der Waals surface area contributed by atoms with Crippen LogP contribution in [0.1, 0.15) is 44.7 Å². The van der Waals surface area contributed by atoms with E-state index in [1.807, 2.05) is 45.0 Å². The van der Waals surface area contributed by atoms with Gasteiger partial charge in [-0.1, -0.05) is 24.3 Å². The van der Waals surface area contributed by atoms with Crippen LogP contribution in [0, 0.1) is 0 Å². The summed E-state index contributed by atoms with van der Waals surface area (Å²) >= 11 is 0. The highest BCUT2D eigenvalue weighted by molar-refractivity contribution is 5.69. The van der Waals surface area contributed by atoms with E-state index in [-0.39, 0.29) is 12.7 Å². The number of aliphatic hydroxyl groups is 1. The van der Waals surface area contributed by atoms with Crippen LogP contribution in [-0.4, -0.2) is 27.7 Å². The summed E-state index contributed by atoms with van der Waals surface area (Å²) in [6, 6.07) is 7.98. The molecular formula is C16H23NO3. The van der Waals surface area contributed by atoms with Crippen molar-refractivity contribution in [3.63, 3.8) is 0 Å². The van der Waals surface area contributed by atoms with Crippen molar-refractivity contribution < 1.29 is 14.6 Å². The molecule has 2 rings (SSSR count). The number of ether oxygens (including phenoxy) is 1. The van der Waals surface area contributed by atoms with E-state index in [0.29, 0.717) is 12.6 Å². The van der Waals surface area contributed by atoms with Gasteiger partial charge in [0.25, 0.3) is 0 Å². The molecular weight excluding hydrogens is 254 g/mol. The molecule has 0 unspecified atom stereocenters. The van der Waals surface area contributed by atoms with Crippen LogP contribution in [0.5, 0.6) is 0 Å². The van der Waals surface area contributed by atoms with Gasteiger partial charge in [-0.2, -0.15) is 0 Å². The zero-order valence-electron chi connectivity index (χ0n) is 12.4. The summed E-state index contributed by atoms with van der Waals surface area (Å²) in [6.07, 6.45) is 1.85. The highest BCUT2D eigenvalue weighted by Gasteiger charge is 2.35. The lowest BCUT2D eigenvalue weighted by Crippen LogP contribution is -2.37. The summed E-state index contributed by atoms with van der Waals surface area (Å²) in [7, 11) is 0. The van der Waals surface area contributed by atoms with Crippen LogP contribution in [0.15, 0.2) is 24.3 Å². The Labute approximate surface area is 120 Å². The minimum Gasteiger partial charge on any atom is -0.444 e. The molecule has 4 nitrogen and oxygen atoms in total. The SMILES string of the molecule is CC(C)(C)OC(=O)N(Cc1ccc(CO)cc1)C1CC1. The number of hydrogen-bond donors (Lipinski definition) is 1. The molecule has 20 heavy (non-hydrogen) atoms. The van der Waals surface area contributed by atoms with Crippen molar-refractivity contribution in [3.05, 3.63) is 35.4 Å². The Morgan fingerprint density at radius 2 is 1.80 bits per heavy atom. The van der Waals surface area contributed by atoms with Crippen LogP contribution >= 0.6 is 0 Å². The fourth-order valence-corrected chi connectivity index (χ4v) is 2.00. The fraction of sp³-hybridized carbons (Fsp3) is 0.562. The Morgan fingerprint density at radius 3 is 2.25 bits per heavy atom. The van der Waals surface area contributed by atoms with E-state index in [0.717, 1.165) is 24.0 Å². The van der Waals surface area contributed by atoms with E-state index in [4.69, 9.17) is 9.84 Å². The lowest BCUT2D eigenvalue weighted by Gasteiger charge is -2.27. The molecule has 0 heterocycles. The molecule has 0 saturated heterocycles. The molecule has 1 aliphatic rings. The second-order valence-electron chi connectivity index (χ2n) is 6.31. The topological polar surface area (TPSA) is 49.8 Å². The number of amides is 1. The molecule has 110 valence electrons. The van der Waals surface area contributed by atoms with Gasteiger partial charge < -0.3 is 14.7 Å². The third-order valence-electron chi connectivity index (χ3n) is 3.17. The van der Waals surface area contributed by atoms with Crippen molar-refractivity contribution in [2.24, 2.45) is 0 Å². The molecule has 0 aliphatic heterocycles. The summed E-state index contributed by atoms with van der Waals surface area (Å²) in [5.74, 6) is 0. The predicted molar refractivity (Wildman–Crippen MR) is 77.2 cm³/mol. The van der Waals surface area contributed by atoms with E-state index in [1.165, 1.54) is 0 Å². The monoisotopic (exact) mass is 277 g/mol. The molecule has 1 amide bonds. The maximum atomic E-state index is 12.2. The molecule has 0 bridgehead atoms. The smallest absolute Gasteiger partial charge is 0.410 e. The standard InChI is InChI=1S/C16H23NO3/c1-16(2,3)20-15(19)17(14-8-9-14)10-12-4-6-13(11-18)7-5-12/h4-7,14,18H,8-11H2,1-3H3. The third kappa shape index (κ3) is 4.23. The van der Waals surface area contributed by atoms with Crippen molar-refractivity contribution in [2.45, 2.75) is 58.4 Å². The molecule has 1 saturated carbocycles. The molecule has 1 N–H and O–H groups in total. The van der Waals surface area contributed by atoms with Gasteiger partial charge in [0.05, 0.1) is 6.61 Å². The van der Waals surface area contributed by atoms with Crippen LogP contribution in [0.2, 0.25) is 0 Å². The zero-order valence-corrected chi connectivity index (χ0v) is 12.4. The first-order chi connectivity index (χ1) is 9.39. The third-order valence-corrected chi connectivity index (χ3v) is 3.17. The van der Waals surface area contributed by atoms with Crippen molar-refractivity contribution in [2.75, 3.05) is 0 Å². The number of nitrogens with zero attached hydrogens (tertiary/aromatic N) is 1. The second-order valence-corrected chi connectivity index (χ2v) is 6.31. The number of benzene rings is 1.